The van der Waals surface area contributed by atoms with E-state index in [9.17, 15) is 58.5 Å². The predicted octanol–water partition coefficient (Wildman–Crippen LogP) is -5.91. The molecule has 21 N–H and O–H groups in total. The van der Waals surface area contributed by atoms with Gasteiger partial charge in [0.2, 0.25) is 53.2 Å². The van der Waals surface area contributed by atoms with Crippen LogP contribution in [-0.2, 0) is 60.9 Å². The molecule has 0 aromatic heterocycles. The maximum Gasteiger partial charge on any atom is 0.326 e. The molecular weight excluding hydrogens is 1180 g/mol. The number of nitrogens with zero attached hydrogens (tertiary/aromatic N) is 8. The largest absolute Gasteiger partial charge is 0.480 e. The smallest absolute Gasteiger partial charge is 0.326 e. The van der Waals surface area contributed by atoms with Gasteiger partial charge in [-0.05, 0) is 87.7 Å². The van der Waals surface area contributed by atoms with Crippen molar-refractivity contribution in [3.8, 4) is 0 Å². The van der Waals surface area contributed by atoms with Gasteiger partial charge in [0, 0.05) is 63.9 Å². The summed E-state index contributed by atoms with van der Waals surface area (Å²) in [4.78, 5) is 159. The van der Waals surface area contributed by atoms with E-state index < -0.39 is 133 Å². The molecule has 33 heteroatoms. The molecule has 6 aliphatic rings. The molecule has 7 rings (SSSR count). The number of hydrogen-bond donors (Lipinski definition) is 14. The standard InChI is InChI=1S/C56H87N19O13S/c57-34(12-5-17-64-54(58)59)45(79)68-35(13-6-18-65-55(60)61)49(83)71-20-8-16-39(71)51(85)73-26-33(77)23-40(73)46(80)67-24-44(78)74-29-89-28-43(74)48(82)70-37(27-76)50(84)72-25-32-11-2-1-9-30(32)21-42(72)52(86)75-38-15-4-3-10-31(38)22-41(75)47(81)69-36(53(87)88)14-7-19-66-56(62)63/h1-2,9,11,31,33-43,76-77H,3-8,10,12-29,57H2,(H,67,80)(H,68,79)(H,69,81)(H,70,82)(H,87,88)(H4,58,59,64)(H4,60,61,65)(H4,62,63,66)/t31-,33+,34+,35-,36-,37-,38-,39-,40-,41-,42+,43-/m0/s1. The van der Waals surface area contributed by atoms with Gasteiger partial charge in [-0.25, -0.2) is 4.79 Å². The molecule has 0 bridgehead atoms. The molecule has 12 atom stereocenters. The summed E-state index contributed by atoms with van der Waals surface area (Å²) in [6.07, 6.45) is 3.69. The number of thioether (sulfide) groups is 1. The van der Waals surface area contributed by atoms with Crippen LogP contribution in [0.15, 0.2) is 39.2 Å². The van der Waals surface area contributed by atoms with Gasteiger partial charge in [0.1, 0.15) is 48.3 Å². The van der Waals surface area contributed by atoms with Crippen LogP contribution >= 0.6 is 11.8 Å². The van der Waals surface area contributed by atoms with Crippen LogP contribution in [-0.4, -0.2) is 241 Å². The number of carboxylic acids is 1. The fourth-order valence-electron chi connectivity index (χ4n) is 12.8. The minimum atomic E-state index is -1.61. The lowest BCUT2D eigenvalue weighted by molar-refractivity contribution is -0.154. The third kappa shape index (κ3) is 17.6. The van der Waals surface area contributed by atoms with E-state index in [0.717, 1.165) is 24.8 Å². The zero-order valence-corrected chi connectivity index (χ0v) is 50.7. The lowest BCUT2D eigenvalue weighted by Crippen LogP contribution is -2.62. The zero-order chi connectivity index (χ0) is 64.6. The number of nitrogens with one attached hydrogen (secondary N) is 4. The molecule has 1 aliphatic carbocycles. The normalized spacial score (nSPS) is 24.2. The molecule has 0 unspecified atom stereocenters. The van der Waals surface area contributed by atoms with Crippen LogP contribution in [0.2, 0.25) is 0 Å². The van der Waals surface area contributed by atoms with Crippen molar-refractivity contribution in [3.05, 3.63) is 35.4 Å². The molecule has 4 saturated heterocycles. The molecule has 490 valence electrons. The van der Waals surface area contributed by atoms with Gasteiger partial charge in [-0.15, -0.1) is 11.8 Å². The molecule has 5 heterocycles. The Kier molecular flexibility index (Phi) is 24.6. The fraction of sp³-hybridized carbons (Fsp3) is 0.661. The van der Waals surface area contributed by atoms with Crippen LogP contribution in [0.3, 0.4) is 0 Å². The number of amides is 9. The maximum absolute atomic E-state index is 15.3. The summed E-state index contributed by atoms with van der Waals surface area (Å²) >= 11 is 1.22. The van der Waals surface area contributed by atoms with Gasteiger partial charge in [0.05, 0.1) is 31.2 Å². The first-order valence-electron chi connectivity index (χ1n) is 30.3. The second-order valence-electron chi connectivity index (χ2n) is 23.4. The van der Waals surface area contributed by atoms with E-state index in [4.69, 9.17) is 40.1 Å². The molecule has 32 nitrogen and oxygen atoms in total. The Morgan fingerprint density at radius 3 is 1.89 bits per heavy atom. The molecule has 5 fully saturated rings. The minimum Gasteiger partial charge on any atom is -0.480 e. The Morgan fingerprint density at radius 2 is 1.24 bits per heavy atom. The first kappa shape index (κ1) is 68.5. The summed E-state index contributed by atoms with van der Waals surface area (Å²) in [6, 6.07) is -4.09. The van der Waals surface area contributed by atoms with E-state index in [-0.39, 0.29) is 139 Å². The van der Waals surface area contributed by atoms with Crippen molar-refractivity contribution in [2.24, 2.45) is 61.0 Å². The second kappa shape index (κ2) is 31.9. The number of rotatable bonds is 27. The number of β-amino-alcohol motifs (C(OH)–C–C–N with tert-alkyl or cyclic N) is 1. The van der Waals surface area contributed by atoms with E-state index in [0.29, 0.717) is 24.8 Å². The topological polar surface area (TPSA) is 515 Å². The zero-order valence-electron chi connectivity index (χ0n) is 49.9. The van der Waals surface area contributed by atoms with Gasteiger partial charge in [-0.3, -0.25) is 58.1 Å². The number of aliphatic imine (C=N–C) groups is 3. The Bertz CT molecular complexity index is 2850. The van der Waals surface area contributed by atoms with Crippen LogP contribution in [0.4, 0.5) is 0 Å². The number of carbonyl (C=O) groups is 10. The summed E-state index contributed by atoms with van der Waals surface area (Å²) < 4.78 is 0. The highest BCUT2D eigenvalue weighted by Gasteiger charge is 2.52. The summed E-state index contributed by atoms with van der Waals surface area (Å²) in [5, 5.41) is 42.3. The average Bonchev–Trinajstić information content (AvgIpc) is 1.82. The number of guanidine groups is 3. The highest BCUT2D eigenvalue weighted by Crippen LogP contribution is 2.41. The number of aliphatic carboxylic acids is 1. The molecular formula is C56H87N19O13S. The summed E-state index contributed by atoms with van der Waals surface area (Å²) in [5.74, 6) is -7.86. The van der Waals surface area contributed by atoms with Crippen molar-refractivity contribution in [2.75, 3.05) is 57.5 Å². The third-order valence-corrected chi connectivity index (χ3v) is 18.3. The van der Waals surface area contributed by atoms with Crippen LogP contribution in [0.25, 0.3) is 0 Å². The summed E-state index contributed by atoms with van der Waals surface area (Å²) in [5.41, 5.74) is 40.3. The molecule has 1 aromatic carbocycles. The van der Waals surface area contributed by atoms with Crippen LogP contribution in [0, 0.1) is 5.92 Å². The van der Waals surface area contributed by atoms with Gasteiger partial charge in [0.15, 0.2) is 17.9 Å². The molecule has 1 saturated carbocycles. The van der Waals surface area contributed by atoms with Crippen molar-refractivity contribution < 1.29 is 63.3 Å². The van der Waals surface area contributed by atoms with E-state index >= 15 is 4.79 Å². The number of nitrogens with two attached hydrogens (primary N) is 7. The number of benzene rings is 1. The van der Waals surface area contributed by atoms with Gasteiger partial charge < -0.3 is 101 Å². The Balaban J connectivity index is 0.991. The number of fused-ring (bicyclic) bond motifs is 2. The number of carboxylic acid groups (broad SMARTS) is 1. The van der Waals surface area contributed by atoms with Crippen LogP contribution < -0.4 is 61.4 Å². The molecule has 0 spiro atoms. The van der Waals surface area contributed by atoms with Gasteiger partial charge in [-0.2, -0.15) is 0 Å². The highest BCUT2D eigenvalue weighted by atomic mass is 32.2. The highest BCUT2D eigenvalue weighted by molar-refractivity contribution is 7.99. The Hall–Kier alpha value is -8.04. The van der Waals surface area contributed by atoms with Gasteiger partial charge in [0.25, 0.3) is 0 Å². The monoisotopic (exact) mass is 1270 g/mol. The Morgan fingerprint density at radius 1 is 0.629 bits per heavy atom. The van der Waals surface area contributed by atoms with Crippen molar-refractivity contribution >= 4 is 88.8 Å². The lowest BCUT2D eigenvalue weighted by atomic mass is 9.84. The number of aliphatic hydroxyl groups excluding tert-OH is 2. The number of aliphatic hydroxyl groups is 2. The average molecular weight is 1270 g/mol. The first-order valence-corrected chi connectivity index (χ1v) is 31.4. The summed E-state index contributed by atoms with van der Waals surface area (Å²) in [6.45, 7) is -1.28. The van der Waals surface area contributed by atoms with E-state index in [1.165, 1.54) is 36.3 Å². The fourth-order valence-corrected chi connectivity index (χ4v) is 14.0. The number of carbonyl (C=O) groups excluding carboxylic acids is 9. The number of likely N-dealkylation sites (tertiary alicyclic amines) is 3. The molecule has 9 amide bonds. The van der Waals surface area contributed by atoms with Crippen molar-refractivity contribution in [1.29, 1.82) is 0 Å². The molecule has 1 aromatic rings. The van der Waals surface area contributed by atoms with Crippen LogP contribution in [0.1, 0.15) is 101 Å². The molecule has 0 radical (unpaired) electrons. The summed E-state index contributed by atoms with van der Waals surface area (Å²) in [7, 11) is 0. The van der Waals surface area contributed by atoms with Gasteiger partial charge in [-0.1, -0.05) is 37.1 Å². The first-order chi connectivity index (χ1) is 42.5. The minimum absolute atomic E-state index is 0.00131. The third-order valence-electron chi connectivity index (χ3n) is 17.3. The van der Waals surface area contributed by atoms with E-state index in [2.05, 4.69) is 36.2 Å². The maximum atomic E-state index is 15.3. The lowest BCUT2D eigenvalue weighted by Gasteiger charge is -2.42. The van der Waals surface area contributed by atoms with Crippen LogP contribution in [0.5, 0.6) is 0 Å². The Labute approximate surface area is 519 Å². The molecule has 5 aliphatic heterocycles. The van der Waals surface area contributed by atoms with Crippen molar-refractivity contribution in [2.45, 2.75) is 169 Å². The quantitative estimate of drug-likeness (QED) is 0.0222. The molecule has 89 heavy (non-hydrogen) atoms. The second-order valence-corrected chi connectivity index (χ2v) is 24.4. The van der Waals surface area contributed by atoms with E-state index in [1.54, 1.807) is 18.2 Å². The van der Waals surface area contributed by atoms with Gasteiger partial charge >= 0.3 is 5.97 Å². The number of hydrogen-bond acceptors (Lipinski definition) is 17. The van der Waals surface area contributed by atoms with Crippen molar-refractivity contribution in [3.63, 3.8) is 0 Å². The SMILES string of the molecule is NC(N)=NCCC[C@@H](N)C(=O)N[C@@H](CCCN=C(N)N)C(=O)N1CCC[C@H]1C(=O)N1C[C@H](O)C[C@H]1C(=O)NCC(=O)N1CSC[C@H]1C(=O)N[C@@H](CO)C(=O)N1Cc2ccccc2C[C@@H]1C(=O)N1[C@H](C(=O)N[C@@H](CCCN=C(N)N)C(=O)O)C[C@@H]2CCCC[C@@H]21. The predicted molar refractivity (Wildman–Crippen MR) is 326 cm³/mol. The van der Waals surface area contributed by atoms with Crippen molar-refractivity contribution in [1.82, 2.24) is 45.8 Å². The van der Waals surface area contributed by atoms with E-state index in [1.807, 2.05) is 6.07 Å².